The Morgan fingerprint density at radius 3 is 2.71 bits per heavy atom. The number of aryl methyl sites for hydroxylation is 1. The van der Waals surface area contributed by atoms with Gasteiger partial charge in [-0.1, -0.05) is 23.7 Å². The van der Waals surface area contributed by atoms with Gasteiger partial charge in [-0.3, -0.25) is 0 Å². The van der Waals surface area contributed by atoms with Gasteiger partial charge in [0.2, 0.25) is 0 Å². The van der Waals surface area contributed by atoms with Gasteiger partial charge in [0.15, 0.2) is 0 Å². The van der Waals surface area contributed by atoms with Crippen molar-refractivity contribution in [2.45, 2.75) is 13.5 Å². The average molecular weight is 306 g/mol. The van der Waals surface area contributed by atoms with Gasteiger partial charge in [-0.15, -0.1) is 0 Å². The molecule has 0 aliphatic carbocycles. The molecule has 0 amide bonds. The highest BCUT2D eigenvalue weighted by molar-refractivity contribution is 6.30. The molecule has 2 rings (SSSR count). The van der Waals surface area contributed by atoms with Gasteiger partial charge in [-0.25, -0.2) is 4.79 Å². The van der Waals surface area contributed by atoms with E-state index in [2.05, 4.69) is 0 Å². The van der Waals surface area contributed by atoms with E-state index in [1.165, 1.54) is 7.11 Å². The van der Waals surface area contributed by atoms with Gasteiger partial charge in [0.05, 0.1) is 12.7 Å². The van der Waals surface area contributed by atoms with Crippen LogP contribution in [0.4, 0.5) is 5.69 Å². The highest BCUT2D eigenvalue weighted by Gasteiger charge is 2.14. The molecule has 0 radical (unpaired) electrons. The minimum absolute atomic E-state index is 0.304. The van der Waals surface area contributed by atoms with Crippen molar-refractivity contribution in [1.82, 2.24) is 0 Å². The summed E-state index contributed by atoms with van der Waals surface area (Å²) in [4.78, 5) is 11.7. The maximum absolute atomic E-state index is 11.7. The lowest BCUT2D eigenvalue weighted by atomic mass is 10.1. The lowest BCUT2D eigenvalue weighted by Crippen LogP contribution is -2.08. The molecule has 0 aliphatic rings. The Labute approximate surface area is 128 Å². The van der Waals surface area contributed by atoms with Crippen LogP contribution in [0.15, 0.2) is 36.4 Å². The molecule has 21 heavy (non-hydrogen) atoms. The average Bonchev–Trinajstić information content (AvgIpc) is 2.47. The fraction of sp³-hybridized carbons (Fsp3) is 0.188. The molecule has 0 heterocycles. The van der Waals surface area contributed by atoms with E-state index in [4.69, 9.17) is 26.8 Å². The van der Waals surface area contributed by atoms with Gasteiger partial charge in [0.1, 0.15) is 12.4 Å². The summed E-state index contributed by atoms with van der Waals surface area (Å²) in [7, 11) is 1.32. The number of halogens is 1. The number of anilines is 1. The number of nitrogens with two attached hydrogens (primary N) is 1. The van der Waals surface area contributed by atoms with E-state index in [1.54, 1.807) is 18.2 Å². The third kappa shape index (κ3) is 3.67. The predicted octanol–water partition coefficient (Wildman–Crippen LogP) is 3.60. The van der Waals surface area contributed by atoms with E-state index >= 15 is 0 Å². The zero-order valence-corrected chi connectivity index (χ0v) is 12.6. The molecule has 5 heteroatoms. The van der Waals surface area contributed by atoms with Crippen LogP contribution in [0.1, 0.15) is 21.5 Å². The zero-order chi connectivity index (χ0) is 15.4. The number of hydrogen-bond acceptors (Lipinski definition) is 4. The molecule has 0 aromatic heterocycles. The van der Waals surface area contributed by atoms with Crippen LogP contribution in [-0.2, 0) is 11.3 Å². The van der Waals surface area contributed by atoms with Crippen LogP contribution in [-0.4, -0.2) is 13.1 Å². The van der Waals surface area contributed by atoms with Gasteiger partial charge >= 0.3 is 5.97 Å². The third-order valence-corrected chi connectivity index (χ3v) is 3.30. The molecule has 0 unspecified atom stereocenters. The number of methoxy groups -OCH3 is 1. The second-order valence-corrected chi connectivity index (χ2v) is 5.05. The van der Waals surface area contributed by atoms with Crippen molar-refractivity contribution in [3.05, 3.63) is 58.1 Å². The summed E-state index contributed by atoms with van der Waals surface area (Å²) in [5.41, 5.74) is 8.29. The number of carbonyl (C=O) groups excluding carboxylic acids is 1. The summed E-state index contributed by atoms with van der Waals surface area (Å²) in [6.07, 6.45) is 0. The first-order valence-electron chi connectivity index (χ1n) is 6.37. The normalized spacial score (nSPS) is 10.2. The Hall–Kier alpha value is -2.20. The molecule has 0 aliphatic heterocycles. The quantitative estimate of drug-likeness (QED) is 0.692. The lowest BCUT2D eigenvalue weighted by molar-refractivity contribution is 0.0601. The molecular formula is C16H16ClNO3. The summed E-state index contributed by atoms with van der Waals surface area (Å²) in [6.45, 7) is 2.17. The number of benzene rings is 2. The third-order valence-electron chi connectivity index (χ3n) is 3.06. The van der Waals surface area contributed by atoms with Gasteiger partial charge < -0.3 is 15.2 Å². The monoisotopic (exact) mass is 305 g/mol. The standard InChI is InChI=1S/C16H16ClNO3/c1-10-6-13(8-14(15(10)18)16(19)20-2)21-9-11-4-3-5-12(17)7-11/h3-8H,9,18H2,1-2H3. The molecule has 2 aromatic rings. The maximum atomic E-state index is 11.7. The number of ether oxygens (including phenoxy) is 2. The molecular weight excluding hydrogens is 290 g/mol. The van der Waals surface area contributed by atoms with Crippen molar-refractivity contribution >= 4 is 23.3 Å². The fourth-order valence-corrected chi connectivity index (χ4v) is 2.13. The van der Waals surface area contributed by atoms with Crippen molar-refractivity contribution < 1.29 is 14.3 Å². The lowest BCUT2D eigenvalue weighted by Gasteiger charge is -2.12. The van der Waals surface area contributed by atoms with Crippen molar-refractivity contribution in [2.75, 3.05) is 12.8 Å². The first-order valence-corrected chi connectivity index (χ1v) is 6.74. The number of carbonyl (C=O) groups is 1. The van der Waals surface area contributed by atoms with E-state index in [1.807, 2.05) is 25.1 Å². The zero-order valence-electron chi connectivity index (χ0n) is 11.9. The molecule has 0 saturated heterocycles. The van der Waals surface area contributed by atoms with Crippen LogP contribution in [0.3, 0.4) is 0 Å². The minimum Gasteiger partial charge on any atom is -0.489 e. The fourth-order valence-electron chi connectivity index (χ4n) is 1.92. The first-order chi connectivity index (χ1) is 10.0. The second kappa shape index (κ2) is 6.50. The molecule has 0 spiro atoms. The summed E-state index contributed by atoms with van der Waals surface area (Å²) in [5.74, 6) is 0.0749. The van der Waals surface area contributed by atoms with E-state index in [0.29, 0.717) is 28.6 Å². The summed E-state index contributed by atoms with van der Waals surface area (Å²) in [6, 6.07) is 10.8. The minimum atomic E-state index is -0.483. The molecule has 110 valence electrons. The molecule has 4 nitrogen and oxygen atoms in total. The molecule has 0 atom stereocenters. The van der Waals surface area contributed by atoms with E-state index in [-0.39, 0.29) is 0 Å². The summed E-state index contributed by atoms with van der Waals surface area (Å²) in [5, 5.41) is 0.653. The van der Waals surface area contributed by atoms with Crippen LogP contribution in [0.5, 0.6) is 5.75 Å². The SMILES string of the molecule is COC(=O)c1cc(OCc2cccc(Cl)c2)cc(C)c1N. The molecule has 2 N–H and O–H groups in total. The Morgan fingerprint density at radius 1 is 1.29 bits per heavy atom. The molecule has 0 fully saturated rings. The van der Waals surface area contributed by atoms with Crippen molar-refractivity contribution in [2.24, 2.45) is 0 Å². The van der Waals surface area contributed by atoms with Gasteiger partial charge in [-0.05, 0) is 42.3 Å². The number of hydrogen-bond donors (Lipinski definition) is 1. The van der Waals surface area contributed by atoms with Crippen LogP contribution < -0.4 is 10.5 Å². The Kier molecular flexibility index (Phi) is 4.70. The van der Waals surface area contributed by atoms with Gasteiger partial charge in [0.25, 0.3) is 0 Å². The largest absolute Gasteiger partial charge is 0.489 e. The first kappa shape index (κ1) is 15.2. The van der Waals surface area contributed by atoms with E-state index < -0.39 is 5.97 Å². The van der Waals surface area contributed by atoms with Crippen LogP contribution in [0.2, 0.25) is 5.02 Å². The molecule has 2 aromatic carbocycles. The van der Waals surface area contributed by atoms with Crippen molar-refractivity contribution in [3.63, 3.8) is 0 Å². The number of nitrogen functional groups attached to an aromatic ring is 1. The van der Waals surface area contributed by atoms with Crippen molar-refractivity contribution in [3.8, 4) is 5.75 Å². The summed E-state index contributed by atoms with van der Waals surface area (Å²) < 4.78 is 10.4. The van der Waals surface area contributed by atoms with E-state index in [9.17, 15) is 4.79 Å². The number of rotatable bonds is 4. The summed E-state index contributed by atoms with van der Waals surface area (Å²) >= 11 is 5.92. The second-order valence-electron chi connectivity index (χ2n) is 4.61. The van der Waals surface area contributed by atoms with Gasteiger partial charge in [-0.2, -0.15) is 0 Å². The smallest absolute Gasteiger partial charge is 0.340 e. The van der Waals surface area contributed by atoms with Crippen LogP contribution >= 0.6 is 11.6 Å². The van der Waals surface area contributed by atoms with Gasteiger partial charge in [0, 0.05) is 10.7 Å². The molecule has 0 saturated carbocycles. The highest BCUT2D eigenvalue weighted by atomic mass is 35.5. The van der Waals surface area contributed by atoms with E-state index in [0.717, 1.165) is 11.1 Å². The maximum Gasteiger partial charge on any atom is 0.340 e. The topological polar surface area (TPSA) is 61.5 Å². The highest BCUT2D eigenvalue weighted by Crippen LogP contribution is 2.26. The van der Waals surface area contributed by atoms with Crippen LogP contribution in [0, 0.1) is 6.92 Å². The Morgan fingerprint density at radius 2 is 2.05 bits per heavy atom. The Balaban J connectivity index is 2.21. The molecule has 0 bridgehead atoms. The Bertz CT molecular complexity index is 671. The number of esters is 1. The predicted molar refractivity (Wildman–Crippen MR) is 82.7 cm³/mol. The van der Waals surface area contributed by atoms with Crippen LogP contribution in [0.25, 0.3) is 0 Å². The van der Waals surface area contributed by atoms with Crippen molar-refractivity contribution in [1.29, 1.82) is 0 Å².